The van der Waals surface area contributed by atoms with Crippen LogP contribution in [0.15, 0.2) is 42.0 Å². The monoisotopic (exact) mass is 570 g/mol. The smallest absolute Gasteiger partial charge is 0.225 e. The highest BCUT2D eigenvalue weighted by atomic mass is 19.1. The second-order valence-corrected chi connectivity index (χ2v) is 9.97. The third kappa shape index (κ3) is 8.26. The molecule has 9 N–H and O–H groups in total. The number of rotatable bonds is 10. The first-order valence-electron chi connectivity index (χ1n) is 13.6. The number of hydrogen-bond acceptors (Lipinski definition) is 10. The molecule has 4 rings (SSSR count). The van der Waals surface area contributed by atoms with Gasteiger partial charge in [0.25, 0.3) is 0 Å². The molecule has 2 heterocycles. The number of anilines is 3. The van der Waals surface area contributed by atoms with E-state index >= 15 is 0 Å². The van der Waals surface area contributed by atoms with E-state index in [2.05, 4.69) is 16.0 Å². The van der Waals surface area contributed by atoms with Crippen LogP contribution in [0.1, 0.15) is 48.0 Å². The first kappa shape index (κ1) is 31.5. The normalized spacial score (nSPS) is 17.9. The first-order chi connectivity index (χ1) is 19.7. The molecular formula is C29H39FN6O5. The summed E-state index contributed by atoms with van der Waals surface area (Å²) in [4.78, 5) is 36.1. The average molecular weight is 571 g/mol. The summed E-state index contributed by atoms with van der Waals surface area (Å²) in [6.07, 6.45) is 2.75. The number of aldehydes is 2. The Morgan fingerprint density at radius 1 is 1.12 bits per heavy atom. The third-order valence-electron chi connectivity index (χ3n) is 7.02. The Hall–Kier alpha value is -4.00. The molecule has 1 unspecified atom stereocenters. The van der Waals surface area contributed by atoms with Crippen molar-refractivity contribution in [2.45, 2.75) is 50.5 Å². The summed E-state index contributed by atoms with van der Waals surface area (Å²) in [5.41, 5.74) is 14.1. The van der Waals surface area contributed by atoms with E-state index in [0.29, 0.717) is 23.2 Å². The number of nitrogens with zero attached hydrogens (tertiary/aromatic N) is 1. The van der Waals surface area contributed by atoms with Gasteiger partial charge in [-0.25, -0.2) is 4.39 Å². The number of nitrogens with one attached hydrogen (secondary N) is 3. The van der Waals surface area contributed by atoms with Gasteiger partial charge in [-0.3, -0.25) is 14.4 Å². The highest BCUT2D eigenvalue weighted by molar-refractivity contribution is 5.95. The van der Waals surface area contributed by atoms with E-state index in [0.717, 1.165) is 37.9 Å². The minimum absolute atomic E-state index is 0.0172. The Balaban J connectivity index is 0.000000250. The van der Waals surface area contributed by atoms with Gasteiger partial charge in [0, 0.05) is 44.4 Å². The van der Waals surface area contributed by atoms with Gasteiger partial charge < -0.3 is 42.5 Å². The van der Waals surface area contributed by atoms with Crippen molar-refractivity contribution in [3.63, 3.8) is 0 Å². The van der Waals surface area contributed by atoms with Gasteiger partial charge in [0.1, 0.15) is 18.3 Å². The van der Waals surface area contributed by atoms with Crippen molar-refractivity contribution < 1.29 is 29.0 Å². The average Bonchev–Trinajstić information content (AvgIpc) is 3.40. The zero-order valence-corrected chi connectivity index (χ0v) is 23.1. The van der Waals surface area contributed by atoms with Crippen molar-refractivity contribution in [1.82, 2.24) is 4.90 Å². The minimum atomic E-state index is -0.784. The summed E-state index contributed by atoms with van der Waals surface area (Å²) in [6.45, 7) is 1.71. The van der Waals surface area contributed by atoms with Crippen LogP contribution in [0.25, 0.3) is 5.70 Å². The lowest BCUT2D eigenvalue weighted by molar-refractivity contribution is -0.134. The standard InChI is InChI=1S/C18H17FN4O2.C11H22N2O3/c1-21-14-4-2-3-12(19)16(14)17(20)11(9-25)18-22-13-6-5-10(8-24)7-15(13)23-18;12-8-10(15)6-9(14)7-11(16)13-4-2-1-3-5-13/h2-9,18,21-23H,20H2,1H3;9-10,14-15H,1-8,12H2/b17-11-;/t;9-,10+/m.1/s1. The molecule has 222 valence electrons. The molecule has 1 fully saturated rings. The van der Waals surface area contributed by atoms with E-state index in [1.807, 2.05) is 0 Å². The number of nitrogens with two attached hydrogens (primary N) is 2. The summed E-state index contributed by atoms with van der Waals surface area (Å²) in [5.74, 6) is -0.543. The van der Waals surface area contributed by atoms with Crippen LogP contribution in [0.4, 0.5) is 21.5 Å². The van der Waals surface area contributed by atoms with Crippen LogP contribution in [0.5, 0.6) is 0 Å². The van der Waals surface area contributed by atoms with Crippen LogP contribution in [0.2, 0.25) is 0 Å². The molecule has 1 amide bonds. The molecule has 2 aliphatic rings. The van der Waals surface area contributed by atoms with Gasteiger partial charge in [-0.15, -0.1) is 0 Å². The number of benzene rings is 2. The predicted molar refractivity (Wildman–Crippen MR) is 157 cm³/mol. The number of amides is 1. The number of aliphatic hydroxyl groups is 2. The maximum absolute atomic E-state index is 14.3. The second kappa shape index (κ2) is 15.1. The number of carbonyl (C=O) groups excluding carboxylic acids is 3. The SMILES string of the molecule is CNc1cccc(F)c1/C(N)=C(\C=O)C1Nc2ccc(C=O)cc2N1.NC[C@@H](O)C[C@@H](O)CC(=O)N1CCCCC1. The van der Waals surface area contributed by atoms with Gasteiger partial charge in [-0.2, -0.15) is 0 Å². The van der Waals surface area contributed by atoms with E-state index < -0.39 is 24.2 Å². The Morgan fingerprint density at radius 3 is 2.46 bits per heavy atom. The Kier molecular flexibility index (Phi) is 11.6. The van der Waals surface area contributed by atoms with Gasteiger partial charge in [0.05, 0.1) is 46.8 Å². The highest BCUT2D eigenvalue weighted by Gasteiger charge is 2.27. The molecule has 3 atom stereocenters. The molecule has 11 nitrogen and oxygen atoms in total. The van der Waals surface area contributed by atoms with Gasteiger partial charge in [-0.1, -0.05) is 6.07 Å². The molecular weight excluding hydrogens is 531 g/mol. The molecule has 1 saturated heterocycles. The first-order valence-corrected chi connectivity index (χ1v) is 13.6. The maximum atomic E-state index is 14.3. The van der Waals surface area contributed by atoms with Crippen LogP contribution in [-0.2, 0) is 9.59 Å². The van der Waals surface area contributed by atoms with Crippen molar-refractivity contribution in [3.8, 4) is 0 Å². The molecule has 41 heavy (non-hydrogen) atoms. The summed E-state index contributed by atoms with van der Waals surface area (Å²) in [7, 11) is 1.65. The molecule has 0 bridgehead atoms. The lowest BCUT2D eigenvalue weighted by Crippen LogP contribution is -2.38. The Bertz CT molecular complexity index is 1250. The zero-order chi connectivity index (χ0) is 29.9. The molecule has 0 saturated carbocycles. The number of fused-ring (bicyclic) bond motifs is 1. The summed E-state index contributed by atoms with van der Waals surface area (Å²) < 4.78 is 14.3. The van der Waals surface area contributed by atoms with Gasteiger partial charge in [-0.05, 0) is 49.6 Å². The summed E-state index contributed by atoms with van der Waals surface area (Å²) in [6, 6.07) is 9.57. The molecule has 0 aliphatic carbocycles. The number of halogens is 1. The molecule has 2 aliphatic heterocycles. The molecule has 0 aromatic heterocycles. The van der Waals surface area contributed by atoms with Crippen LogP contribution >= 0.6 is 0 Å². The molecule has 2 aromatic rings. The summed E-state index contributed by atoms with van der Waals surface area (Å²) >= 11 is 0. The fourth-order valence-electron chi connectivity index (χ4n) is 4.79. The van der Waals surface area contributed by atoms with E-state index in [1.165, 1.54) is 12.5 Å². The minimum Gasteiger partial charge on any atom is -0.398 e. The number of carbonyl (C=O) groups is 3. The van der Waals surface area contributed by atoms with E-state index in [1.54, 1.807) is 42.3 Å². The zero-order valence-electron chi connectivity index (χ0n) is 23.1. The van der Waals surface area contributed by atoms with Gasteiger partial charge in [0.15, 0.2) is 6.29 Å². The Labute approximate surface area is 238 Å². The van der Waals surface area contributed by atoms with Crippen molar-refractivity contribution in [2.75, 3.05) is 42.6 Å². The number of likely N-dealkylation sites (tertiary alicyclic amines) is 1. The van der Waals surface area contributed by atoms with Crippen LogP contribution < -0.4 is 27.4 Å². The van der Waals surface area contributed by atoms with Gasteiger partial charge >= 0.3 is 0 Å². The summed E-state index contributed by atoms with van der Waals surface area (Å²) in [5, 5.41) is 27.9. The van der Waals surface area contributed by atoms with Crippen LogP contribution in [0, 0.1) is 5.82 Å². The molecule has 2 aromatic carbocycles. The van der Waals surface area contributed by atoms with Crippen molar-refractivity contribution in [3.05, 3.63) is 58.9 Å². The quantitative estimate of drug-likeness (QED) is 0.164. The van der Waals surface area contributed by atoms with Crippen molar-refractivity contribution in [1.29, 1.82) is 0 Å². The topological polar surface area (TPSA) is 183 Å². The lowest BCUT2D eigenvalue weighted by Gasteiger charge is -2.27. The lowest BCUT2D eigenvalue weighted by atomic mass is 10.0. The maximum Gasteiger partial charge on any atom is 0.225 e. The predicted octanol–water partition coefficient (Wildman–Crippen LogP) is 1.87. The largest absolute Gasteiger partial charge is 0.398 e. The molecule has 0 radical (unpaired) electrons. The van der Waals surface area contributed by atoms with Crippen LogP contribution in [-0.4, -0.2) is 78.6 Å². The third-order valence-corrected chi connectivity index (χ3v) is 7.02. The highest BCUT2D eigenvalue weighted by Crippen LogP contribution is 2.34. The van der Waals surface area contributed by atoms with Gasteiger partial charge in [0.2, 0.25) is 5.91 Å². The fraction of sp³-hybridized carbons (Fsp3) is 0.414. The fourth-order valence-corrected chi connectivity index (χ4v) is 4.79. The Morgan fingerprint density at radius 2 is 1.83 bits per heavy atom. The van der Waals surface area contributed by atoms with E-state index in [-0.39, 0.29) is 42.1 Å². The number of piperidine rings is 1. The van der Waals surface area contributed by atoms with Crippen molar-refractivity contribution in [2.24, 2.45) is 11.5 Å². The molecule has 12 heteroatoms. The number of aliphatic hydroxyl groups excluding tert-OH is 2. The second-order valence-electron chi connectivity index (χ2n) is 9.97. The molecule has 0 spiro atoms. The van der Waals surface area contributed by atoms with Crippen molar-refractivity contribution >= 4 is 41.2 Å². The number of hydrogen-bond donors (Lipinski definition) is 7. The van der Waals surface area contributed by atoms with E-state index in [4.69, 9.17) is 11.5 Å². The van der Waals surface area contributed by atoms with Crippen LogP contribution in [0.3, 0.4) is 0 Å². The van der Waals surface area contributed by atoms with E-state index in [9.17, 15) is 29.0 Å².